The Morgan fingerprint density at radius 1 is 1.11 bits per heavy atom. The van der Waals surface area contributed by atoms with E-state index in [4.69, 9.17) is 4.74 Å². The fraction of sp³-hybridized carbons (Fsp3) is 0.486. The molecule has 10 heteroatoms. The number of rotatable bonds is 12. The van der Waals surface area contributed by atoms with Crippen molar-refractivity contribution in [2.45, 2.75) is 63.7 Å². The Balaban J connectivity index is 1.45. The molecule has 2 aromatic carbocycles. The minimum atomic E-state index is -4.61. The molecule has 242 valence electrons. The number of carbonyl (C=O) groups is 2. The summed E-state index contributed by atoms with van der Waals surface area (Å²) in [5.41, 5.74) is 0.499. The molecule has 1 N–H and O–H groups in total. The number of piperazine rings is 1. The summed E-state index contributed by atoms with van der Waals surface area (Å²) in [5.74, 6) is -0.341. The van der Waals surface area contributed by atoms with E-state index in [-0.39, 0.29) is 23.7 Å². The zero-order valence-corrected chi connectivity index (χ0v) is 26.1. The summed E-state index contributed by atoms with van der Waals surface area (Å²) in [4.78, 5) is 34.1. The fourth-order valence-corrected chi connectivity index (χ4v) is 6.04. The first kappa shape index (κ1) is 32.8. The Morgan fingerprint density at radius 2 is 1.87 bits per heavy atom. The van der Waals surface area contributed by atoms with Crippen molar-refractivity contribution in [3.63, 3.8) is 0 Å². The number of hydrogen-bond acceptors (Lipinski definition) is 5. The highest BCUT2D eigenvalue weighted by molar-refractivity contribution is 6.03. The molecule has 0 radical (unpaired) electrons. The van der Waals surface area contributed by atoms with Gasteiger partial charge >= 0.3 is 6.18 Å². The van der Waals surface area contributed by atoms with Crippen LogP contribution in [0.15, 0.2) is 66.3 Å². The second kappa shape index (κ2) is 14.6. The first-order chi connectivity index (χ1) is 21.6. The van der Waals surface area contributed by atoms with Crippen LogP contribution in [0, 0.1) is 6.92 Å². The summed E-state index contributed by atoms with van der Waals surface area (Å²) in [6, 6.07) is 9.38. The predicted octanol–water partition coefficient (Wildman–Crippen LogP) is 6.05. The van der Waals surface area contributed by atoms with Crippen molar-refractivity contribution in [2.75, 3.05) is 51.3 Å². The summed E-state index contributed by atoms with van der Waals surface area (Å²) in [7, 11) is 2.12. The van der Waals surface area contributed by atoms with E-state index in [1.807, 2.05) is 18.2 Å². The number of benzene rings is 2. The number of anilines is 1. The third-order valence-electron chi connectivity index (χ3n) is 8.76. The Morgan fingerprint density at radius 3 is 2.56 bits per heavy atom. The molecule has 0 spiro atoms. The van der Waals surface area contributed by atoms with Gasteiger partial charge in [0, 0.05) is 50.9 Å². The lowest BCUT2D eigenvalue weighted by Crippen LogP contribution is -2.47. The van der Waals surface area contributed by atoms with E-state index in [1.165, 1.54) is 24.0 Å². The standard InChI is InChI=1S/C35H43F3N4O3/c1-25-30(35(36,37)38)13-7-14-31(25)42(32(43)23-26-15-16-26)33(34(44)39-28-10-4-3-5-11-28)27-9-6-12-29(24-27)45-22-8-17-41-20-18-40(2)19-21-41/h4,6-7,9-10,12-15,24,28,33H,3,5,8,11,16-23H2,1-2H3,(H,39,44). The average molecular weight is 625 g/mol. The molecule has 1 fully saturated rings. The van der Waals surface area contributed by atoms with Crippen LogP contribution in [0.3, 0.4) is 0 Å². The van der Waals surface area contributed by atoms with Gasteiger partial charge in [-0.15, -0.1) is 0 Å². The van der Waals surface area contributed by atoms with E-state index in [9.17, 15) is 22.8 Å². The van der Waals surface area contributed by atoms with E-state index in [0.717, 1.165) is 70.0 Å². The topological polar surface area (TPSA) is 65.1 Å². The molecule has 2 aromatic rings. The van der Waals surface area contributed by atoms with Gasteiger partial charge in [0.25, 0.3) is 0 Å². The molecule has 7 nitrogen and oxygen atoms in total. The van der Waals surface area contributed by atoms with Gasteiger partial charge in [-0.25, -0.2) is 0 Å². The van der Waals surface area contributed by atoms with Gasteiger partial charge in [0.2, 0.25) is 11.8 Å². The van der Waals surface area contributed by atoms with Crippen LogP contribution in [0.2, 0.25) is 0 Å². The highest BCUT2D eigenvalue weighted by Gasteiger charge is 2.39. The summed E-state index contributed by atoms with van der Waals surface area (Å²) < 4.78 is 48.2. The monoisotopic (exact) mass is 624 g/mol. The Labute approximate surface area is 263 Å². The van der Waals surface area contributed by atoms with Crippen LogP contribution in [-0.2, 0) is 15.8 Å². The lowest BCUT2D eigenvalue weighted by molar-refractivity contribution is -0.138. The molecule has 2 unspecified atom stereocenters. The van der Waals surface area contributed by atoms with Gasteiger partial charge < -0.3 is 19.9 Å². The third-order valence-corrected chi connectivity index (χ3v) is 8.76. The van der Waals surface area contributed by atoms with Crippen molar-refractivity contribution in [1.29, 1.82) is 0 Å². The van der Waals surface area contributed by atoms with E-state index in [0.29, 0.717) is 24.3 Å². The zero-order chi connectivity index (χ0) is 32.0. The number of amides is 2. The summed E-state index contributed by atoms with van der Waals surface area (Å²) in [6.07, 6.45) is 5.37. The molecule has 1 saturated heterocycles. The molecule has 1 aliphatic heterocycles. The Hall–Kier alpha value is -3.63. The molecular formula is C35H43F3N4O3. The van der Waals surface area contributed by atoms with Crippen LogP contribution in [-0.4, -0.2) is 74.0 Å². The van der Waals surface area contributed by atoms with E-state index < -0.39 is 29.6 Å². The van der Waals surface area contributed by atoms with Gasteiger partial charge in [-0.1, -0.05) is 42.0 Å². The van der Waals surface area contributed by atoms with Gasteiger partial charge in [0.1, 0.15) is 11.8 Å². The molecule has 3 aliphatic rings. The smallest absolute Gasteiger partial charge is 0.416 e. The van der Waals surface area contributed by atoms with Crippen LogP contribution in [0.1, 0.15) is 61.3 Å². The maximum Gasteiger partial charge on any atom is 0.416 e. The number of carbonyl (C=O) groups excluding carboxylic acids is 2. The minimum absolute atomic E-state index is 0.0330. The van der Waals surface area contributed by atoms with Crippen molar-refractivity contribution in [3.05, 3.63) is 83.0 Å². The van der Waals surface area contributed by atoms with Crippen molar-refractivity contribution >= 4 is 17.5 Å². The maximum absolute atomic E-state index is 14.2. The number of halogens is 3. The van der Waals surface area contributed by atoms with E-state index >= 15 is 0 Å². The number of allylic oxidation sites excluding steroid dienone is 2. The molecule has 0 saturated carbocycles. The average Bonchev–Trinajstić information content (AvgIpc) is 3.83. The Kier molecular flexibility index (Phi) is 10.7. The molecule has 2 aliphatic carbocycles. The van der Waals surface area contributed by atoms with Crippen LogP contribution in [0.25, 0.3) is 0 Å². The quantitative estimate of drug-likeness (QED) is 0.230. The molecule has 45 heavy (non-hydrogen) atoms. The normalized spacial score (nSPS) is 19.5. The third kappa shape index (κ3) is 8.76. The lowest BCUT2D eigenvalue weighted by Gasteiger charge is -2.34. The van der Waals surface area contributed by atoms with Crippen molar-refractivity contribution in [1.82, 2.24) is 15.1 Å². The highest BCUT2D eigenvalue weighted by Crippen LogP contribution is 2.40. The molecule has 1 heterocycles. The first-order valence-corrected chi connectivity index (χ1v) is 15.9. The van der Waals surface area contributed by atoms with Gasteiger partial charge in [-0.05, 0) is 81.5 Å². The van der Waals surface area contributed by atoms with Crippen LogP contribution < -0.4 is 15.0 Å². The van der Waals surface area contributed by atoms with Gasteiger partial charge in [-0.3, -0.25) is 14.5 Å². The van der Waals surface area contributed by atoms with Crippen molar-refractivity contribution < 1.29 is 27.5 Å². The van der Waals surface area contributed by atoms with Crippen LogP contribution in [0.4, 0.5) is 18.9 Å². The number of nitrogens with zero attached hydrogens (tertiary/aromatic N) is 3. The second-order valence-electron chi connectivity index (χ2n) is 12.3. The molecular weight excluding hydrogens is 581 g/mol. The summed E-state index contributed by atoms with van der Waals surface area (Å²) >= 11 is 0. The highest BCUT2D eigenvalue weighted by atomic mass is 19.4. The number of likely N-dealkylation sites (N-methyl/N-ethyl adjacent to an activating group) is 1. The number of hydrogen-bond donors (Lipinski definition) is 1. The number of alkyl halides is 3. The molecule has 2 amide bonds. The number of ether oxygens (including phenoxy) is 1. The van der Waals surface area contributed by atoms with Crippen LogP contribution >= 0.6 is 0 Å². The van der Waals surface area contributed by atoms with E-state index in [2.05, 4.69) is 22.2 Å². The molecule has 0 bridgehead atoms. The second-order valence-corrected chi connectivity index (χ2v) is 12.3. The van der Waals surface area contributed by atoms with Crippen LogP contribution in [0.5, 0.6) is 5.75 Å². The van der Waals surface area contributed by atoms with Crippen molar-refractivity contribution in [2.24, 2.45) is 0 Å². The van der Waals surface area contributed by atoms with Gasteiger partial charge in [0.05, 0.1) is 12.2 Å². The molecule has 2 atom stereocenters. The van der Waals surface area contributed by atoms with Gasteiger partial charge in [-0.2, -0.15) is 13.2 Å². The SMILES string of the molecule is Cc1c(N(C(=O)CC2=CC2)C(C(=O)NC2C=CCCC2)c2cccc(OCCCN3CCN(C)CC3)c2)cccc1C(F)(F)F. The minimum Gasteiger partial charge on any atom is -0.494 e. The van der Waals surface area contributed by atoms with E-state index in [1.54, 1.807) is 24.3 Å². The zero-order valence-electron chi connectivity index (χ0n) is 26.1. The Bertz CT molecular complexity index is 1420. The fourth-order valence-electron chi connectivity index (χ4n) is 6.04. The summed E-state index contributed by atoms with van der Waals surface area (Å²) in [5, 5.41) is 3.06. The summed E-state index contributed by atoms with van der Waals surface area (Å²) in [6.45, 7) is 6.88. The maximum atomic E-state index is 14.2. The van der Waals surface area contributed by atoms with Crippen molar-refractivity contribution in [3.8, 4) is 5.75 Å². The largest absolute Gasteiger partial charge is 0.494 e. The predicted molar refractivity (Wildman–Crippen MR) is 169 cm³/mol. The molecule has 5 rings (SSSR count). The molecule has 0 aromatic heterocycles. The first-order valence-electron chi connectivity index (χ1n) is 15.9. The van der Waals surface area contributed by atoms with Gasteiger partial charge in [0.15, 0.2) is 0 Å². The number of nitrogens with one attached hydrogen (secondary N) is 1. The lowest BCUT2D eigenvalue weighted by atomic mass is 9.97.